The number of para-hydroxylation sites is 1. The van der Waals surface area contributed by atoms with Gasteiger partial charge in [0, 0.05) is 18.8 Å². The Labute approximate surface area is 178 Å². The largest absolute Gasteiger partial charge is 0.378 e. The first kappa shape index (κ1) is 20.2. The van der Waals surface area contributed by atoms with E-state index in [1.165, 1.54) is 11.3 Å². The van der Waals surface area contributed by atoms with Gasteiger partial charge in [-0.2, -0.15) is 15.0 Å². The highest BCUT2D eigenvalue weighted by Crippen LogP contribution is 2.25. The first-order chi connectivity index (χ1) is 14.5. The Kier molecular flexibility index (Phi) is 5.86. The fourth-order valence-electron chi connectivity index (χ4n) is 3.15. The van der Waals surface area contributed by atoms with E-state index in [9.17, 15) is 4.79 Å². The maximum atomic E-state index is 12.7. The number of anilines is 4. The number of ether oxygens (including phenoxy) is 1. The van der Waals surface area contributed by atoms with E-state index in [0.717, 1.165) is 29.9 Å². The highest BCUT2D eigenvalue weighted by Gasteiger charge is 2.17. The molecule has 1 aliphatic heterocycles. The normalized spacial score (nSPS) is 13.9. The number of nitrogens with zero attached hydrogens (tertiary/aromatic N) is 5. The van der Waals surface area contributed by atoms with Crippen molar-refractivity contribution in [3.05, 3.63) is 46.2 Å². The molecule has 1 aliphatic rings. The molecule has 156 valence electrons. The van der Waals surface area contributed by atoms with Crippen LogP contribution in [0.15, 0.2) is 24.4 Å². The Balaban J connectivity index is 1.48. The second-order valence-electron chi connectivity index (χ2n) is 6.98. The predicted octanol–water partition coefficient (Wildman–Crippen LogP) is 3.09. The maximum Gasteiger partial charge on any atom is 0.267 e. The van der Waals surface area contributed by atoms with Crippen molar-refractivity contribution >= 4 is 40.0 Å². The van der Waals surface area contributed by atoms with Gasteiger partial charge in [-0.15, -0.1) is 0 Å². The summed E-state index contributed by atoms with van der Waals surface area (Å²) in [5.74, 6) is 1.43. The lowest BCUT2D eigenvalue weighted by atomic mass is 10.1. The number of morpholine rings is 1. The first-order valence-electron chi connectivity index (χ1n) is 9.65. The maximum absolute atomic E-state index is 12.7. The van der Waals surface area contributed by atoms with Crippen LogP contribution in [0.1, 0.15) is 26.6 Å². The van der Waals surface area contributed by atoms with Crippen LogP contribution >= 0.6 is 11.3 Å². The van der Waals surface area contributed by atoms with Gasteiger partial charge in [-0.1, -0.05) is 29.5 Å². The van der Waals surface area contributed by atoms with Gasteiger partial charge in [0.15, 0.2) is 5.13 Å². The van der Waals surface area contributed by atoms with Crippen LogP contribution in [0.4, 0.5) is 22.7 Å². The Hall–Kier alpha value is -3.11. The molecule has 1 fully saturated rings. The van der Waals surface area contributed by atoms with E-state index >= 15 is 0 Å². The molecule has 0 unspecified atom stereocenters. The van der Waals surface area contributed by atoms with Crippen LogP contribution in [-0.2, 0) is 4.74 Å². The van der Waals surface area contributed by atoms with E-state index < -0.39 is 0 Å². The van der Waals surface area contributed by atoms with Gasteiger partial charge in [0.2, 0.25) is 11.9 Å². The number of hydrogen-bond donors (Lipinski definition) is 2. The van der Waals surface area contributed by atoms with Gasteiger partial charge in [-0.3, -0.25) is 10.1 Å². The average Bonchev–Trinajstić information content (AvgIpc) is 3.19. The van der Waals surface area contributed by atoms with E-state index in [-0.39, 0.29) is 5.91 Å². The zero-order valence-corrected chi connectivity index (χ0v) is 17.9. The van der Waals surface area contributed by atoms with Gasteiger partial charge < -0.3 is 15.0 Å². The smallest absolute Gasteiger partial charge is 0.267 e. The van der Waals surface area contributed by atoms with Crippen LogP contribution in [0.3, 0.4) is 0 Å². The van der Waals surface area contributed by atoms with Crippen molar-refractivity contribution in [3.63, 3.8) is 0 Å². The molecule has 1 aromatic carbocycles. The molecule has 2 N–H and O–H groups in total. The number of carbonyl (C=O) groups is 1. The van der Waals surface area contributed by atoms with Gasteiger partial charge in [-0.05, 0) is 31.9 Å². The van der Waals surface area contributed by atoms with Crippen LogP contribution in [0.25, 0.3) is 0 Å². The minimum Gasteiger partial charge on any atom is -0.378 e. The summed E-state index contributed by atoms with van der Waals surface area (Å²) in [5, 5.41) is 6.61. The molecule has 1 amide bonds. The number of nitrogens with one attached hydrogen (secondary N) is 2. The van der Waals surface area contributed by atoms with Crippen LogP contribution in [0.5, 0.6) is 0 Å². The number of aryl methyl sites for hydroxylation is 3. The summed E-state index contributed by atoms with van der Waals surface area (Å²) in [7, 11) is 0. The molecule has 2 aromatic heterocycles. The minimum absolute atomic E-state index is 0.196. The van der Waals surface area contributed by atoms with Crippen molar-refractivity contribution in [2.45, 2.75) is 20.8 Å². The highest BCUT2D eigenvalue weighted by molar-refractivity contribution is 7.17. The van der Waals surface area contributed by atoms with Crippen molar-refractivity contribution < 1.29 is 9.53 Å². The third kappa shape index (κ3) is 4.55. The average molecular weight is 426 g/mol. The van der Waals surface area contributed by atoms with Crippen molar-refractivity contribution in [2.75, 3.05) is 41.8 Å². The molecule has 10 heteroatoms. The summed E-state index contributed by atoms with van der Waals surface area (Å²) in [5.41, 5.74) is 2.86. The molecule has 3 aromatic rings. The second kappa shape index (κ2) is 8.72. The van der Waals surface area contributed by atoms with Crippen LogP contribution < -0.4 is 15.5 Å². The third-order valence-electron chi connectivity index (χ3n) is 4.70. The van der Waals surface area contributed by atoms with Crippen LogP contribution in [0.2, 0.25) is 0 Å². The molecular formula is C20H23N7O2S. The summed E-state index contributed by atoms with van der Waals surface area (Å²) in [6.07, 6.45) is 1.55. The standard InChI is InChI=1S/C20H23N7O2S/c1-12-5-4-6-13(2)16(12)24-17(28)15-11-21-20(30-15)26-18-22-14(3)23-19(25-18)27-7-9-29-10-8-27/h4-6,11H,7-10H2,1-3H3,(H,24,28)(H,21,22,23,25,26). The van der Waals surface area contributed by atoms with Crippen LogP contribution in [-0.4, -0.2) is 52.1 Å². The van der Waals surface area contributed by atoms with Gasteiger partial charge >= 0.3 is 0 Å². The zero-order valence-electron chi connectivity index (χ0n) is 17.1. The minimum atomic E-state index is -0.196. The number of benzene rings is 1. The Morgan fingerprint density at radius 2 is 1.83 bits per heavy atom. The molecule has 9 nitrogen and oxygen atoms in total. The molecule has 30 heavy (non-hydrogen) atoms. The molecule has 0 spiro atoms. The number of aromatic nitrogens is 4. The summed E-state index contributed by atoms with van der Waals surface area (Å²) in [6, 6.07) is 5.91. The monoisotopic (exact) mass is 425 g/mol. The van der Waals surface area contributed by atoms with Crippen molar-refractivity contribution in [1.82, 2.24) is 19.9 Å². The molecule has 0 aliphatic carbocycles. The number of thiazole rings is 1. The van der Waals surface area contributed by atoms with E-state index in [1.54, 1.807) is 6.20 Å². The third-order valence-corrected chi connectivity index (χ3v) is 5.61. The zero-order chi connectivity index (χ0) is 21.1. The van der Waals surface area contributed by atoms with Crippen molar-refractivity contribution in [3.8, 4) is 0 Å². The van der Waals surface area contributed by atoms with E-state index in [4.69, 9.17) is 4.74 Å². The lowest BCUT2D eigenvalue weighted by Crippen LogP contribution is -2.37. The molecule has 0 atom stereocenters. The molecule has 0 saturated carbocycles. The molecule has 0 bridgehead atoms. The Bertz CT molecular complexity index is 1040. The van der Waals surface area contributed by atoms with Crippen molar-refractivity contribution in [2.24, 2.45) is 0 Å². The number of hydrogen-bond acceptors (Lipinski definition) is 9. The summed E-state index contributed by atoms with van der Waals surface area (Å²) in [4.78, 5) is 32.8. The number of amides is 1. The van der Waals surface area contributed by atoms with E-state index in [0.29, 0.717) is 40.9 Å². The quantitative estimate of drug-likeness (QED) is 0.643. The number of rotatable bonds is 5. The fourth-order valence-corrected chi connectivity index (χ4v) is 3.85. The fraction of sp³-hybridized carbons (Fsp3) is 0.350. The topological polar surface area (TPSA) is 105 Å². The highest BCUT2D eigenvalue weighted by atomic mass is 32.1. The summed E-state index contributed by atoms with van der Waals surface area (Å²) < 4.78 is 5.39. The van der Waals surface area contributed by atoms with Gasteiger partial charge in [0.1, 0.15) is 10.7 Å². The van der Waals surface area contributed by atoms with E-state index in [1.807, 2.05) is 39.0 Å². The molecule has 4 rings (SSSR count). The lowest BCUT2D eigenvalue weighted by molar-refractivity contribution is 0.103. The van der Waals surface area contributed by atoms with Crippen LogP contribution in [0, 0.1) is 20.8 Å². The Morgan fingerprint density at radius 3 is 2.57 bits per heavy atom. The van der Waals surface area contributed by atoms with Gasteiger partial charge in [-0.25, -0.2) is 4.98 Å². The molecule has 1 saturated heterocycles. The molecule has 3 heterocycles. The van der Waals surface area contributed by atoms with Gasteiger partial charge in [0.25, 0.3) is 5.91 Å². The number of carbonyl (C=O) groups excluding carboxylic acids is 1. The molecular weight excluding hydrogens is 402 g/mol. The second-order valence-corrected chi connectivity index (χ2v) is 8.01. The summed E-state index contributed by atoms with van der Waals surface area (Å²) >= 11 is 1.25. The van der Waals surface area contributed by atoms with Crippen molar-refractivity contribution in [1.29, 1.82) is 0 Å². The lowest BCUT2D eigenvalue weighted by Gasteiger charge is -2.26. The molecule has 0 radical (unpaired) electrons. The van der Waals surface area contributed by atoms with E-state index in [2.05, 4.69) is 35.5 Å². The SMILES string of the molecule is Cc1nc(Nc2ncc(C(=O)Nc3c(C)cccc3C)s2)nc(N2CCOCC2)n1. The van der Waals surface area contributed by atoms with Gasteiger partial charge in [0.05, 0.1) is 19.4 Å². The predicted molar refractivity (Wildman–Crippen MR) is 117 cm³/mol. The first-order valence-corrected chi connectivity index (χ1v) is 10.5. The summed E-state index contributed by atoms with van der Waals surface area (Å²) in [6.45, 7) is 8.54. The Morgan fingerprint density at radius 1 is 1.10 bits per heavy atom.